The number of carbonyl (C=O) groups excluding carboxylic acids is 1. The van der Waals surface area contributed by atoms with Crippen molar-refractivity contribution in [3.05, 3.63) is 45.6 Å². The summed E-state index contributed by atoms with van der Waals surface area (Å²) in [4.78, 5) is 22.2. The smallest absolute Gasteiger partial charge is 0.351 e. The van der Waals surface area contributed by atoms with Crippen molar-refractivity contribution < 1.29 is 22.9 Å². The third-order valence-electron chi connectivity index (χ3n) is 2.97. The summed E-state index contributed by atoms with van der Waals surface area (Å²) in [5.41, 5.74) is -0.379. The van der Waals surface area contributed by atoms with E-state index >= 15 is 0 Å². The van der Waals surface area contributed by atoms with Gasteiger partial charge in [0.2, 0.25) is 5.88 Å². The summed E-state index contributed by atoms with van der Waals surface area (Å²) in [6, 6.07) is 4.50. The minimum absolute atomic E-state index is 0.119. The van der Waals surface area contributed by atoms with Gasteiger partial charge in [-0.3, -0.25) is 10.1 Å². The number of aryl methyl sites for hydroxylation is 2. The highest BCUT2D eigenvalue weighted by atomic mass is 32.2. The van der Waals surface area contributed by atoms with Gasteiger partial charge in [0.25, 0.3) is 5.69 Å². The second kappa shape index (κ2) is 5.80. The fraction of sp³-hybridized carbons (Fsp3) is 0.231. The predicted octanol–water partition coefficient (Wildman–Crippen LogP) is 1.26. The van der Waals surface area contributed by atoms with Crippen LogP contribution in [0.1, 0.15) is 16.1 Å². The first kappa shape index (κ1) is 16.6. The maximum atomic E-state index is 12.1. The third-order valence-corrected chi connectivity index (χ3v) is 4.08. The molecule has 0 saturated heterocycles. The van der Waals surface area contributed by atoms with Gasteiger partial charge in [0, 0.05) is 25.4 Å². The van der Waals surface area contributed by atoms with Crippen LogP contribution in [-0.4, -0.2) is 35.3 Å². The number of hydrogen-bond acceptors (Lipinski definition) is 7. The number of rotatable bonds is 4. The molecular weight excluding hydrogens is 326 g/mol. The van der Waals surface area contributed by atoms with Crippen molar-refractivity contribution in [2.24, 2.45) is 7.05 Å². The molecule has 10 heteroatoms. The van der Waals surface area contributed by atoms with Gasteiger partial charge in [0.1, 0.15) is 5.56 Å². The summed E-state index contributed by atoms with van der Waals surface area (Å²) in [6.45, 7) is 1.70. The Morgan fingerprint density at radius 2 is 2.00 bits per heavy atom. The molecule has 0 bridgehead atoms. The molecule has 0 aliphatic rings. The van der Waals surface area contributed by atoms with Gasteiger partial charge < -0.3 is 4.74 Å². The van der Waals surface area contributed by atoms with Crippen LogP contribution in [0.5, 0.6) is 5.88 Å². The molecular formula is C13H13N3O6S. The Bertz CT molecular complexity index is 900. The van der Waals surface area contributed by atoms with Crippen molar-refractivity contribution in [2.75, 3.05) is 6.26 Å². The molecule has 0 saturated carbocycles. The number of nitro benzene ring substituents is 1. The summed E-state index contributed by atoms with van der Waals surface area (Å²) >= 11 is 0. The molecule has 2 rings (SSSR count). The van der Waals surface area contributed by atoms with E-state index in [-0.39, 0.29) is 16.3 Å². The lowest BCUT2D eigenvalue weighted by atomic mass is 10.2. The maximum absolute atomic E-state index is 12.1. The average Bonchev–Trinajstić information content (AvgIpc) is 2.75. The van der Waals surface area contributed by atoms with Crippen LogP contribution in [0.3, 0.4) is 0 Å². The number of ether oxygens (including phenoxy) is 1. The first-order chi connectivity index (χ1) is 10.6. The van der Waals surface area contributed by atoms with Crippen molar-refractivity contribution in [2.45, 2.75) is 11.8 Å². The summed E-state index contributed by atoms with van der Waals surface area (Å²) < 4.78 is 29.3. The highest BCUT2D eigenvalue weighted by molar-refractivity contribution is 7.90. The van der Waals surface area contributed by atoms with Gasteiger partial charge in [0.15, 0.2) is 9.84 Å². The van der Waals surface area contributed by atoms with Crippen molar-refractivity contribution in [3.63, 3.8) is 0 Å². The van der Waals surface area contributed by atoms with Crippen LogP contribution in [0.2, 0.25) is 0 Å². The van der Waals surface area contributed by atoms with Crippen LogP contribution in [0.15, 0.2) is 29.2 Å². The molecule has 23 heavy (non-hydrogen) atoms. The van der Waals surface area contributed by atoms with E-state index in [0.29, 0.717) is 5.69 Å². The number of nitro groups is 1. The van der Waals surface area contributed by atoms with Gasteiger partial charge >= 0.3 is 5.97 Å². The van der Waals surface area contributed by atoms with Crippen molar-refractivity contribution in [3.8, 4) is 5.88 Å². The van der Waals surface area contributed by atoms with Crippen LogP contribution in [0.4, 0.5) is 5.69 Å². The van der Waals surface area contributed by atoms with Crippen molar-refractivity contribution in [1.29, 1.82) is 0 Å². The molecule has 0 amide bonds. The van der Waals surface area contributed by atoms with Gasteiger partial charge in [-0.15, -0.1) is 0 Å². The fourth-order valence-electron chi connectivity index (χ4n) is 1.90. The number of carbonyl (C=O) groups is 1. The topological polar surface area (TPSA) is 121 Å². The summed E-state index contributed by atoms with van der Waals surface area (Å²) in [5.74, 6) is -0.853. The molecule has 1 heterocycles. The Hall–Kier alpha value is -2.75. The molecule has 0 aliphatic carbocycles. The molecule has 0 aliphatic heterocycles. The minimum Gasteiger partial charge on any atom is -0.404 e. The van der Waals surface area contributed by atoms with E-state index in [9.17, 15) is 23.3 Å². The fourth-order valence-corrected chi connectivity index (χ4v) is 2.54. The van der Waals surface area contributed by atoms with E-state index in [0.717, 1.165) is 24.5 Å². The Kier molecular flexibility index (Phi) is 4.19. The first-order valence-electron chi connectivity index (χ1n) is 6.31. The molecule has 2 aromatic rings. The summed E-state index contributed by atoms with van der Waals surface area (Å²) in [5, 5.41) is 15.1. The second-order valence-electron chi connectivity index (χ2n) is 4.85. The number of aromatic nitrogens is 2. The van der Waals surface area contributed by atoms with E-state index in [2.05, 4.69) is 5.10 Å². The maximum Gasteiger partial charge on any atom is 0.351 e. The van der Waals surface area contributed by atoms with E-state index < -0.39 is 26.4 Å². The number of esters is 1. The zero-order chi connectivity index (χ0) is 17.4. The Balaban J connectivity index is 2.44. The van der Waals surface area contributed by atoms with E-state index in [1.54, 1.807) is 14.0 Å². The van der Waals surface area contributed by atoms with Crippen LogP contribution in [0.25, 0.3) is 0 Å². The van der Waals surface area contributed by atoms with Crippen LogP contribution in [0, 0.1) is 17.0 Å². The second-order valence-corrected chi connectivity index (χ2v) is 6.86. The molecule has 0 N–H and O–H groups in total. The Morgan fingerprint density at radius 1 is 1.35 bits per heavy atom. The van der Waals surface area contributed by atoms with Crippen molar-refractivity contribution >= 4 is 21.5 Å². The van der Waals surface area contributed by atoms with Gasteiger partial charge in [-0.25, -0.2) is 17.9 Å². The lowest BCUT2D eigenvalue weighted by Crippen LogP contribution is -2.13. The SMILES string of the molecule is Cc1cc(OC(=O)c2ccc(S(C)(=O)=O)cc2[N+](=O)[O-])n(C)n1. The minimum atomic E-state index is -3.63. The molecule has 0 spiro atoms. The highest BCUT2D eigenvalue weighted by Crippen LogP contribution is 2.24. The Labute approximate surface area is 131 Å². The molecule has 0 radical (unpaired) electrons. The van der Waals surface area contributed by atoms with Crippen LogP contribution < -0.4 is 4.74 Å². The van der Waals surface area contributed by atoms with E-state index in [1.165, 1.54) is 10.7 Å². The van der Waals surface area contributed by atoms with Crippen LogP contribution in [-0.2, 0) is 16.9 Å². The van der Waals surface area contributed by atoms with E-state index in [1.807, 2.05) is 0 Å². The lowest BCUT2D eigenvalue weighted by molar-refractivity contribution is -0.385. The first-order valence-corrected chi connectivity index (χ1v) is 8.20. The average molecular weight is 339 g/mol. The Morgan fingerprint density at radius 3 is 2.48 bits per heavy atom. The highest BCUT2D eigenvalue weighted by Gasteiger charge is 2.25. The van der Waals surface area contributed by atoms with Gasteiger partial charge in [-0.2, -0.15) is 5.10 Å². The number of benzene rings is 1. The molecule has 9 nitrogen and oxygen atoms in total. The number of nitrogens with zero attached hydrogens (tertiary/aromatic N) is 3. The van der Waals surface area contributed by atoms with E-state index in [4.69, 9.17) is 4.74 Å². The molecule has 1 aromatic carbocycles. The zero-order valence-electron chi connectivity index (χ0n) is 12.5. The van der Waals surface area contributed by atoms with Gasteiger partial charge in [0.05, 0.1) is 15.5 Å². The normalized spacial score (nSPS) is 11.3. The number of sulfone groups is 1. The quantitative estimate of drug-likeness (QED) is 0.467. The van der Waals surface area contributed by atoms with Gasteiger partial charge in [-0.05, 0) is 19.1 Å². The number of hydrogen-bond donors (Lipinski definition) is 0. The van der Waals surface area contributed by atoms with Gasteiger partial charge in [-0.1, -0.05) is 0 Å². The summed E-state index contributed by atoms with van der Waals surface area (Å²) in [7, 11) is -2.08. The summed E-state index contributed by atoms with van der Waals surface area (Å²) in [6.07, 6.45) is 0.919. The lowest BCUT2D eigenvalue weighted by Gasteiger charge is -2.06. The third kappa shape index (κ3) is 3.54. The van der Waals surface area contributed by atoms with Crippen LogP contribution >= 0.6 is 0 Å². The molecule has 0 fully saturated rings. The molecule has 1 aromatic heterocycles. The standard InChI is InChI=1S/C13H13N3O6S/c1-8-6-12(15(2)14-8)22-13(17)10-5-4-9(23(3,20)21)7-11(10)16(18)19/h4-7H,1-3H3. The largest absolute Gasteiger partial charge is 0.404 e. The molecule has 122 valence electrons. The predicted molar refractivity (Wildman–Crippen MR) is 79.1 cm³/mol. The zero-order valence-corrected chi connectivity index (χ0v) is 13.3. The molecule has 0 atom stereocenters. The monoisotopic (exact) mass is 339 g/mol. The van der Waals surface area contributed by atoms with Crippen molar-refractivity contribution in [1.82, 2.24) is 9.78 Å². The molecule has 0 unspecified atom stereocenters.